The van der Waals surface area contributed by atoms with Gasteiger partial charge in [0.05, 0.1) is 0 Å². The standard InChI is InChI=1S/C15H24N2/c1-11-7-12(2)9-14(8-11)10-15(17-16)6-5-13-3-4-13/h7-9,13,15,17H,3-6,10,16H2,1-2H3. The molecule has 17 heavy (non-hydrogen) atoms. The minimum absolute atomic E-state index is 0.428. The van der Waals surface area contributed by atoms with Gasteiger partial charge < -0.3 is 0 Å². The van der Waals surface area contributed by atoms with Crippen molar-refractivity contribution in [2.75, 3.05) is 0 Å². The Morgan fingerprint density at radius 1 is 1.24 bits per heavy atom. The van der Waals surface area contributed by atoms with Crippen molar-refractivity contribution in [2.24, 2.45) is 11.8 Å². The van der Waals surface area contributed by atoms with E-state index in [0.29, 0.717) is 6.04 Å². The van der Waals surface area contributed by atoms with Crippen LogP contribution in [0.3, 0.4) is 0 Å². The minimum atomic E-state index is 0.428. The molecule has 1 aromatic carbocycles. The summed E-state index contributed by atoms with van der Waals surface area (Å²) in [6.45, 7) is 4.32. The zero-order valence-corrected chi connectivity index (χ0v) is 11.0. The molecule has 1 unspecified atom stereocenters. The third-order valence-corrected chi connectivity index (χ3v) is 3.62. The van der Waals surface area contributed by atoms with Crippen LogP contribution < -0.4 is 11.3 Å². The predicted molar refractivity (Wildman–Crippen MR) is 72.7 cm³/mol. The van der Waals surface area contributed by atoms with Gasteiger partial charge in [-0.25, -0.2) is 0 Å². The Bertz CT molecular complexity index is 349. The van der Waals surface area contributed by atoms with Crippen LogP contribution in [-0.4, -0.2) is 6.04 Å². The molecule has 0 aliphatic heterocycles. The SMILES string of the molecule is Cc1cc(C)cc(CC(CCC2CC2)NN)c1. The molecule has 3 N–H and O–H groups in total. The fourth-order valence-electron chi connectivity index (χ4n) is 2.56. The molecule has 1 fully saturated rings. The first-order chi connectivity index (χ1) is 8.17. The average molecular weight is 232 g/mol. The van der Waals surface area contributed by atoms with E-state index in [-0.39, 0.29) is 0 Å². The van der Waals surface area contributed by atoms with Gasteiger partial charge in [-0.1, -0.05) is 42.2 Å². The Morgan fingerprint density at radius 3 is 2.41 bits per heavy atom. The second-order valence-corrected chi connectivity index (χ2v) is 5.58. The van der Waals surface area contributed by atoms with Crippen LogP contribution in [-0.2, 0) is 6.42 Å². The van der Waals surface area contributed by atoms with Crippen molar-refractivity contribution < 1.29 is 0 Å². The highest BCUT2D eigenvalue weighted by molar-refractivity contribution is 5.29. The lowest BCUT2D eigenvalue weighted by Gasteiger charge is -2.16. The van der Waals surface area contributed by atoms with Crippen molar-refractivity contribution in [2.45, 2.75) is 52.0 Å². The number of hydrazine groups is 1. The van der Waals surface area contributed by atoms with E-state index in [1.54, 1.807) is 0 Å². The van der Waals surface area contributed by atoms with Crippen molar-refractivity contribution in [3.63, 3.8) is 0 Å². The van der Waals surface area contributed by atoms with Gasteiger partial charge in [0, 0.05) is 6.04 Å². The third kappa shape index (κ3) is 4.14. The molecule has 0 radical (unpaired) electrons. The highest BCUT2D eigenvalue weighted by Crippen LogP contribution is 2.34. The summed E-state index contributed by atoms with van der Waals surface area (Å²) in [5, 5.41) is 0. The van der Waals surface area contributed by atoms with Crippen molar-refractivity contribution in [1.82, 2.24) is 5.43 Å². The quantitative estimate of drug-likeness (QED) is 0.584. The summed E-state index contributed by atoms with van der Waals surface area (Å²) < 4.78 is 0. The fraction of sp³-hybridized carbons (Fsp3) is 0.600. The first kappa shape index (κ1) is 12.6. The summed E-state index contributed by atoms with van der Waals surface area (Å²) in [4.78, 5) is 0. The Labute approximate surface area is 105 Å². The molecule has 1 aliphatic rings. The van der Waals surface area contributed by atoms with Crippen LogP contribution in [0.5, 0.6) is 0 Å². The molecule has 0 spiro atoms. The molecular formula is C15H24N2. The summed E-state index contributed by atoms with van der Waals surface area (Å²) in [5.41, 5.74) is 7.07. The van der Waals surface area contributed by atoms with Gasteiger partial charge in [0.1, 0.15) is 0 Å². The number of aryl methyl sites for hydroxylation is 2. The summed E-state index contributed by atoms with van der Waals surface area (Å²) in [6.07, 6.45) is 6.45. The largest absolute Gasteiger partial charge is 0.271 e. The molecule has 2 heteroatoms. The summed E-state index contributed by atoms with van der Waals surface area (Å²) in [6, 6.07) is 7.19. The number of rotatable bonds is 6. The molecule has 1 atom stereocenters. The maximum atomic E-state index is 5.65. The van der Waals surface area contributed by atoms with E-state index >= 15 is 0 Å². The van der Waals surface area contributed by atoms with Crippen LogP contribution in [0.2, 0.25) is 0 Å². The highest BCUT2D eigenvalue weighted by atomic mass is 15.2. The molecule has 0 heterocycles. The van der Waals surface area contributed by atoms with Crippen molar-refractivity contribution in [1.29, 1.82) is 0 Å². The first-order valence-corrected chi connectivity index (χ1v) is 6.70. The van der Waals surface area contributed by atoms with Crippen LogP contribution in [0.15, 0.2) is 18.2 Å². The van der Waals surface area contributed by atoms with Crippen LogP contribution >= 0.6 is 0 Å². The second-order valence-electron chi connectivity index (χ2n) is 5.58. The molecule has 2 nitrogen and oxygen atoms in total. The van der Waals surface area contributed by atoms with E-state index in [4.69, 9.17) is 5.84 Å². The average Bonchev–Trinajstić information content (AvgIpc) is 3.06. The molecule has 1 saturated carbocycles. The third-order valence-electron chi connectivity index (χ3n) is 3.62. The molecule has 0 bridgehead atoms. The molecule has 0 amide bonds. The van der Waals surface area contributed by atoms with Gasteiger partial charge in [0.15, 0.2) is 0 Å². The Kier molecular flexibility index (Phi) is 4.19. The van der Waals surface area contributed by atoms with E-state index in [2.05, 4.69) is 37.5 Å². The van der Waals surface area contributed by atoms with Gasteiger partial charge in [0.2, 0.25) is 0 Å². The Balaban J connectivity index is 1.91. The van der Waals surface area contributed by atoms with Crippen LogP contribution in [0.1, 0.15) is 42.4 Å². The number of hydrogen-bond acceptors (Lipinski definition) is 2. The van der Waals surface area contributed by atoms with Crippen molar-refractivity contribution in [3.05, 3.63) is 34.9 Å². The lowest BCUT2D eigenvalue weighted by Crippen LogP contribution is -2.36. The van der Waals surface area contributed by atoms with Crippen molar-refractivity contribution >= 4 is 0 Å². The van der Waals surface area contributed by atoms with Crippen LogP contribution in [0, 0.1) is 19.8 Å². The number of hydrogen-bond donors (Lipinski definition) is 2. The lowest BCUT2D eigenvalue weighted by molar-refractivity contribution is 0.462. The summed E-state index contributed by atoms with van der Waals surface area (Å²) in [5.74, 6) is 6.64. The Hall–Kier alpha value is -0.860. The summed E-state index contributed by atoms with van der Waals surface area (Å²) in [7, 11) is 0. The van der Waals surface area contributed by atoms with Gasteiger partial charge in [-0.2, -0.15) is 0 Å². The van der Waals surface area contributed by atoms with Crippen LogP contribution in [0.4, 0.5) is 0 Å². The predicted octanol–water partition coefficient (Wildman–Crippen LogP) is 2.87. The highest BCUT2D eigenvalue weighted by Gasteiger charge is 2.22. The Morgan fingerprint density at radius 2 is 1.88 bits per heavy atom. The molecule has 0 aromatic heterocycles. The molecule has 1 aliphatic carbocycles. The maximum absolute atomic E-state index is 5.65. The van der Waals surface area contributed by atoms with E-state index < -0.39 is 0 Å². The van der Waals surface area contributed by atoms with Gasteiger partial charge in [-0.05, 0) is 44.6 Å². The van der Waals surface area contributed by atoms with Gasteiger partial charge in [0.25, 0.3) is 0 Å². The zero-order valence-electron chi connectivity index (χ0n) is 11.0. The number of nitrogens with one attached hydrogen (secondary N) is 1. The first-order valence-electron chi connectivity index (χ1n) is 6.70. The number of benzene rings is 1. The molecule has 0 saturated heterocycles. The smallest absolute Gasteiger partial charge is 0.0251 e. The monoisotopic (exact) mass is 232 g/mol. The molecule has 2 rings (SSSR count). The van der Waals surface area contributed by atoms with Crippen LogP contribution in [0.25, 0.3) is 0 Å². The maximum Gasteiger partial charge on any atom is 0.0251 e. The molecule has 1 aromatic rings. The van der Waals surface area contributed by atoms with E-state index in [9.17, 15) is 0 Å². The minimum Gasteiger partial charge on any atom is -0.271 e. The van der Waals surface area contributed by atoms with Gasteiger partial charge in [-0.15, -0.1) is 0 Å². The van der Waals surface area contributed by atoms with Gasteiger partial charge in [-0.3, -0.25) is 11.3 Å². The van der Waals surface area contributed by atoms with E-state index in [1.165, 1.54) is 42.4 Å². The fourth-order valence-corrected chi connectivity index (χ4v) is 2.56. The topological polar surface area (TPSA) is 38.0 Å². The molecule has 94 valence electrons. The molecular weight excluding hydrogens is 208 g/mol. The number of nitrogens with two attached hydrogens (primary N) is 1. The summed E-state index contributed by atoms with van der Waals surface area (Å²) >= 11 is 0. The zero-order chi connectivity index (χ0) is 12.3. The van der Waals surface area contributed by atoms with E-state index in [0.717, 1.165) is 12.3 Å². The normalized spacial score (nSPS) is 17.1. The van der Waals surface area contributed by atoms with E-state index in [1.807, 2.05) is 0 Å². The van der Waals surface area contributed by atoms with Gasteiger partial charge >= 0.3 is 0 Å². The van der Waals surface area contributed by atoms with Crippen molar-refractivity contribution in [3.8, 4) is 0 Å². The second kappa shape index (κ2) is 5.65. The lowest BCUT2D eigenvalue weighted by atomic mass is 9.98.